The van der Waals surface area contributed by atoms with E-state index in [2.05, 4.69) is 0 Å². The number of amides is 1. The average Bonchev–Trinajstić information content (AvgIpc) is 2.64. The maximum atomic E-state index is 12.1. The van der Waals surface area contributed by atoms with Crippen LogP contribution in [-0.2, 0) is 20.7 Å². The molecular formula is C19H19NO5. The van der Waals surface area contributed by atoms with Crippen molar-refractivity contribution in [2.75, 3.05) is 13.2 Å². The van der Waals surface area contributed by atoms with Gasteiger partial charge in [-0.15, -0.1) is 0 Å². The smallest absolute Gasteiger partial charge is 0.307 e. The summed E-state index contributed by atoms with van der Waals surface area (Å²) in [7, 11) is 0. The molecule has 0 bridgehead atoms. The average molecular weight is 341 g/mol. The highest BCUT2D eigenvalue weighted by Crippen LogP contribution is 2.31. The van der Waals surface area contributed by atoms with E-state index in [0.717, 1.165) is 5.56 Å². The van der Waals surface area contributed by atoms with Gasteiger partial charge in [0.25, 0.3) is 5.91 Å². The molecule has 6 nitrogen and oxygen atoms in total. The van der Waals surface area contributed by atoms with Crippen LogP contribution in [0.5, 0.6) is 11.5 Å². The summed E-state index contributed by atoms with van der Waals surface area (Å²) in [5.74, 6) is 0.202. The first kappa shape index (κ1) is 16.8. The van der Waals surface area contributed by atoms with Crippen molar-refractivity contribution in [2.24, 2.45) is 5.73 Å². The van der Waals surface area contributed by atoms with Gasteiger partial charge in [-0.1, -0.05) is 36.4 Å². The maximum absolute atomic E-state index is 12.1. The number of hydrogen-bond acceptors (Lipinski definition) is 5. The van der Waals surface area contributed by atoms with Crippen LogP contribution in [0.2, 0.25) is 0 Å². The van der Waals surface area contributed by atoms with Crippen LogP contribution < -0.4 is 15.2 Å². The van der Waals surface area contributed by atoms with E-state index in [-0.39, 0.29) is 6.42 Å². The highest BCUT2D eigenvalue weighted by molar-refractivity contribution is 5.83. The Bertz CT molecular complexity index is 760. The topological polar surface area (TPSA) is 87.9 Å². The molecule has 1 amide bonds. The molecule has 0 radical (unpaired) electrons. The Balaban J connectivity index is 1.59. The first-order chi connectivity index (χ1) is 12.1. The Morgan fingerprint density at radius 2 is 1.76 bits per heavy atom. The van der Waals surface area contributed by atoms with Gasteiger partial charge in [-0.25, -0.2) is 0 Å². The second kappa shape index (κ2) is 7.70. The van der Waals surface area contributed by atoms with Crippen LogP contribution in [0.4, 0.5) is 0 Å². The van der Waals surface area contributed by atoms with Crippen LogP contribution >= 0.6 is 0 Å². The molecule has 6 heteroatoms. The largest absolute Gasteiger partial charge is 0.486 e. The first-order valence-corrected chi connectivity index (χ1v) is 8.06. The molecule has 0 saturated heterocycles. The molecule has 1 aliphatic rings. The number of benzene rings is 2. The fourth-order valence-corrected chi connectivity index (χ4v) is 2.60. The quantitative estimate of drug-likeness (QED) is 0.814. The number of esters is 1. The van der Waals surface area contributed by atoms with Gasteiger partial charge in [0.15, 0.2) is 11.5 Å². The van der Waals surface area contributed by atoms with Crippen LogP contribution in [0.3, 0.4) is 0 Å². The van der Waals surface area contributed by atoms with E-state index in [1.54, 1.807) is 24.3 Å². The van der Waals surface area contributed by atoms with Gasteiger partial charge in [-0.2, -0.15) is 0 Å². The summed E-state index contributed by atoms with van der Waals surface area (Å²) in [4.78, 5) is 23.7. The second-order valence-electron chi connectivity index (χ2n) is 5.66. The van der Waals surface area contributed by atoms with Gasteiger partial charge >= 0.3 is 5.97 Å². The molecule has 0 aromatic heterocycles. The summed E-state index contributed by atoms with van der Waals surface area (Å²) >= 11 is 0. The van der Waals surface area contributed by atoms with Crippen LogP contribution in [0.15, 0.2) is 48.5 Å². The first-order valence-electron chi connectivity index (χ1n) is 8.06. The van der Waals surface area contributed by atoms with E-state index in [1.165, 1.54) is 0 Å². The fraction of sp³-hybridized carbons (Fsp3) is 0.263. The summed E-state index contributed by atoms with van der Waals surface area (Å²) in [6, 6.07) is 14.3. The van der Waals surface area contributed by atoms with Crippen molar-refractivity contribution in [1.82, 2.24) is 0 Å². The van der Waals surface area contributed by atoms with Gasteiger partial charge in [-0.05, 0) is 24.1 Å². The molecule has 1 atom stereocenters. The van der Waals surface area contributed by atoms with Crippen molar-refractivity contribution in [1.29, 1.82) is 0 Å². The molecule has 0 spiro atoms. The normalized spacial score (nSPS) is 13.8. The summed E-state index contributed by atoms with van der Waals surface area (Å²) in [5, 5.41) is 0. The molecule has 1 aliphatic heterocycles. The summed E-state index contributed by atoms with van der Waals surface area (Å²) in [5.41, 5.74) is 6.84. The van der Waals surface area contributed by atoms with Crippen molar-refractivity contribution in [2.45, 2.75) is 18.9 Å². The Morgan fingerprint density at radius 3 is 2.48 bits per heavy atom. The van der Waals surface area contributed by atoms with Gasteiger partial charge in [0.1, 0.15) is 13.2 Å². The standard InChI is InChI=1S/C19H19NO5/c20-19(22)18(14-4-2-1-3-5-14)25-17(21)9-7-13-6-8-15-16(12-13)24-11-10-23-15/h1-6,8,12,18H,7,9-11H2,(H2,20,22)/t18-/m0/s1. The number of carbonyl (C=O) groups excluding carboxylic acids is 2. The lowest BCUT2D eigenvalue weighted by atomic mass is 10.1. The Hall–Kier alpha value is -3.02. The third kappa shape index (κ3) is 4.29. The molecule has 25 heavy (non-hydrogen) atoms. The molecule has 3 rings (SSSR count). The molecule has 130 valence electrons. The van der Waals surface area contributed by atoms with Crippen molar-refractivity contribution in [3.05, 3.63) is 59.7 Å². The van der Waals surface area contributed by atoms with E-state index < -0.39 is 18.0 Å². The zero-order valence-corrected chi connectivity index (χ0v) is 13.6. The highest BCUT2D eigenvalue weighted by Gasteiger charge is 2.22. The van der Waals surface area contributed by atoms with Gasteiger partial charge < -0.3 is 19.9 Å². The number of rotatable bonds is 6. The third-order valence-electron chi connectivity index (χ3n) is 3.83. The number of carbonyl (C=O) groups is 2. The predicted molar refractivity (Wildman–Crippen MR) is 90.2 cm³/mol. The number of ether oxygens (including phenoxy) is 3. The zero-order chi connectivity index (χ0) is 17.6. The molecular weight excluding hydrogens is 322 g/mol. The minimum atomic E-state index is -1.08. The lowest BCUT2D eigenvalue weighted by Crippen LogP contribution is -2.26. The Labute approximate surface area is 145 Å². The van der Waals surface area contributed by atoms with Crippen LogP contribution in [0.1, 0.15) is 23.7 Å². The van der Waals surface area contributed by atoms with E-state index in [9.17, 15) is 9.59 Å². The van der Waals surface area contributed by atoms with E-state index in [4.69, 9.17) is 19.9 Å². The van der Waals surface area contributed by atoms with Gasteiger partial charge in [0.05, 0.1) is 0 Å². The van der Waals surface area contributed by atoms with Crippen molar-refractivity contribution < 1.29 is 23.8 Å². The number of aryl methyl sites for hydroxylation is 1. The second-order valence-corrected chi connectivity index (χ2v) is 5.66. The lowest BCUT2D eigenvalue weighted by Gasteiger charge is -2.19. The number of primary amides is 1. The summed E-state index contributed by atoms with van der Waals surface area (Å²) in [6.07, 6.45) is -0.472. The van der Waals surface area contributed by atoms with Crippen molar-refractivity contribution in [3.8, 4) is 11.5 Å². The number of fused-ring (bicyclic) bond motifs is 1. The molecule has 0 unspecified atom stereocenters. The Kier molecular flexibility index (Phi) is 5.18. The fourth-order valence-electron chi connectivity index (χ4n) is 2.60. The third-order valence-corrected chi connectivity index (χ3v) is 3.83. The number of hydrogen-bond donors (Lipinski definition) is 1. The predicted octanol–water partition coefficient (Wildman–Crippen LogP) is 2.16. The minimum absolute atomic E-state index is 0.135. The van der Waals surface area contributed by atoms with Crippen molar-refractivity contribution in [3.63, 3.8) is 0 Å². The Morgan fingerprint density at radius 1 is 1.04 bits per heavy atom. The lowest BCUT2D eigenvalue weighted by molar-refractivity contribution is -0.155. The molecule has 2 aromatic carbocycles. The molecule has 2 aromatic rings. The van der Waals surface area contributed by atoms with Crippen LogP contribution in [0, 0.1) is 0 Å². The molecule has 1 heterocycles. The molecule has 0 aliphatic carbocycles. The van der Waals surface area contributed by atoms with Crippen LogP contribution in [-0.4, -0.2) is 25.1 Å². The summed E-state index contributed by atoms with van der Waals surface area (Å²) in [6.45, 7) is 1.04. The van der Waals surface area contributed by atoms with E-state index in [0.29, 0.717) is 36.7 Å². The highest BCUT2D eigenvalue weighted by atomic mass is 16.6. The molecule has 0 fully saturated rings. The minimum Gasteiger partial charge on any atom is -0.486 e. The molecule has 2 N–H and O–H groups in total. The number of nitrogens with two attached hydrogens (primary N) is 1. The van der Waals surface area contributed by atoms with Crippen LogP contribution in [0.25, 0.3) is 0 Å². The van der Waals surface area contributed by atoms with E-state index >= 15 is 0 Å². The zero-order valence-electron chi connectivity index (χ0n) is 13.6. The SMILES string of the molecule is NC(=O)[C@@H](OC(=O)CCc1ccc2c(c1)OCCO2)c1ccccc1. The van der Waals surface area contributed by atoms with Crippen molar-refractivity contribution >= 4 is 11.9 Å². The van der Waals surface area contributed by atoms with E-state index in [1.807, 2.05) is 24.3 Å². The van der Waals surface area contributed by atoms with Gasteiger partial charge in [0.2, 0.25) is 6.10 Å². The van der Waals surface area contributed by atoms with Gasteiger partial charge in [0, 0.05) is 12.0 Å². The maximum Gasteiger partial charge on any atom is 0.307 e. The summed E-state index contributed by atoms with van der Waals surface area (Å²) < 4.78 is 16.2. The monoisotopic (exact) mass is 341 g/mol. The molecule has 0 saturated carbocycles. The van der Waals surface area contributed by atoms with Gasteiger partial charge in [-0.3, -0.25) is 9.59 Å².